The van der Waals surface area contributed by atoms with Gasteiger partial charge in [-0.05, 0) is 0 Å². The molecule has 0 bridgehead atoms. The summed E-state index contributed by atoms with van der Waals surface area (Å²) in [6.07, 6.45) is 3.34. The predicted octanol–water partition coefficient (Wildman–Crippen LogP) is 1.54. The van der Waals surface area contributed by atoms with Crippen LogP contribution in [-0.2, 0) is 0 Å². The van der Waals surface area contributed by atoms with Crippen molar-refractivity contribution in [3.8, 4) is 16.6 Å². The molecular formula is C7H7N3OS. The van der Waals surface area contributed by atoms with Crippen molar-refractivity contribution in [1.29, 1.82) is 0 Å². The van der Waals surface area contributed by atoms with Crippen LogP contribution in [-0.4, -0.2) is 22.1 Å². The molecule has 0 aromatic carbocycles. The lowest BCUT2D eigenvalue weighted by atomic mass is 10.5. The summed E-state index contributed by atoms with van der Waals surface area (Å²) in [6, 6.07) is 0. The van der Waals surface area contributed by atoms with E-state index in [0.29, 0.717) is 5.88 Å². The number of aromatic amines is 1. The quantitative estimate of drug-likeness (QED) is 0.764. The van der Waals surface area contributed by atoms with E-state index in [1.165, 1.54) is 0 Å². The number of nitrogens with zero attached hydrogens (tertiary/aromatic N) is 2. The molecule has 2 aromatic heterocycles. The van der Waals surface area contributed by atoms with Crippen LogP contribution in [0.3, 0.4) is 0 Å². The smallest absolute Gasteiger partial charge is 0.242 e. The summed E-state index contributed by atoms with van der Waals surface area (Å²) >= 11 is 1.55. The summed E-state index contributed by atoms with van der Waals surface area (Å²) in [5.74, 6) is 0.588. The topological polar surface area (TPSA) is 50.8 Å². The second-order valence-corrected chi connectivity index (χ2v) is 3.02. The van der Waals surface area contributed by atoms with Gasteiger partial charge in [-0.15, -0.1) is 11.3 Å². The Labute approximate surface area is 73.3 Å². The van der Waals surface area contributed by atoms with Crippen LogP contribution in [0, 0.1) is 0 Å². The standard InChI is InChI=1S/C7H7N3OS/c1-11-6-5(9-4-10-6)7-8-2-3-12-7/h2-4H,1H3,(H,9,10). The molecule has 0 saturated heterocycles. The number of aromatic nitrogens is 3. The van der Waals surface area contributed by atoms with Gasteiger partial charge in [0.05, 0.1) is 13.4 Å². The molecular weight excluding hydrogens is 174 g/mol. The van der Waals surface area contributed by atoms with E-state index in [0.717, 1.165) is 10.7 Å². The summed E-state index contributed by atoms with van der Waals surface area (Å²) < 4.78 is 5.03. The zero-order valence-corrected chi connectivity index (χ0v) is 7.26. The monoisotopic (exact) mass is 181 g/mol. The lowest BCUT2D eigenvalue weighted by Crippen LogP contribution is -1.85. The Bertz CT molecular complexity index is 354. The van der Waals surface area contributed by atoms with Gasteiger partial charge in [0.25, 0.3) is 0 Å². The molecule has 0 aliphatic heterocycles. The molecule has 0 aliphatic carbocycles. The van der Waals surface area contributed by atoms with E-state index < -0.39 is 0 Å². The molecule has 0 saturated carbocycles. The van der Waals surface area contributed by atoms with E-state index in [-0.39, 0.29) is 0 Å². The van der Waals surface area contributed by atoms with E-state index in [2.05, 4.69) is 15.0 Å². The van der Waals surface area contributed by atoms with E-state index in [1.807, 2.05) is 5.38 Å². The van der Waals surface area contributed by atoms with Crippen LogP contribution >= 0.6 is 11.3 Å². The van der Waals surface area contributed by atoms with Gasteiger partial charge in [0.1, 0.15) is 10.7 Å². The van der Waals surface area contributed by atoms with Gasteiger partial charge in [-0.2, -0.15) is 0 Å². The number of imidazole rings is 1. The molecule has 0 atom stereocenters. The van der Waals surface area contributed by atoms with Gasteiger partial charge < -0.3 is 9.72 Å². The van der Waals surface area contributed by atoms with E-state index >= 15 is 0 Å². The summed E-state index contributed by atoms with van der Waals surface area (Å²) in [4.78, 5) is 11.1. The average Bonchev–Trinajstić information content (AvgIpc) is 2.74. The Morgan fingerprint density at radius 2 is 2.42 bits per heavy atom. The molecule has 62 valence electrons. The third-order valence-electron chi connectivity index (χ3n) is 1.44. The summed E-state index contributed by atoms with van der Waals surface area (Å²) in [6.45, 7) is 0. The number of ether oxygens (including phenoxy) is 1. The highest BCUT2D eigenvalue weighted by Gasteiger charge is 2.09. The van der Waals surface area contributed by atoms with Crippen molar-refractivity contribution in [3.63, 3.8) is 0 Å². The average molecular weight is 181 g/mol. The fourth-order valence-corrected chi connectivity index (χ4v) is 1.57. The maximum absolute atomic E-state index is 5.03. The molecule has 0 unspecified atom stereocenters. The highest BCUT2D eigenvalue weighted by molar-refractivity contribution is 7.13. The molecule has 12 heavy (non-hydrogen) atoms. The molecule has 5 heteroatoms. The summed E-state index contributed by atoms with van der Waals surface area (Å²) in [5, 5.41) is 2.81. The van der Waals surface area contributed by atoms with Crippen LogP contribution in [0.4, 0.5) is 0 Å². The third-order valence-corrected chi connectivity index (χ3v) is 2.23. The highest BCUT2D eigenvalue weighted by atomic mass is 32.1. The van der Waals surface area contributed by atoms with Gasteiger partial charge in [0, 0.05) is 11.6 Å². The van der Waals surface area contributed by atoms with Gasteiger partial charge in [-0.3, -0.25) is 0 Å². The Morgan fingerprint density at radius 1 is 1.50 bits per heavy atom. The molecule has 0 spiro atoms. The second-order valence-electron chi connectivity index (χ2n) is 2.12. The number of nitrogens with one attached hydrogen (secondary N) is 1. The van der Waals surface area contributed by atoms with Crippen molar-refractivity contribution in [2.45, 2.75) is 0 Å². The fourth-order valence-electron chi connectivity index (χ4n) is 0.937. The maximum atomic E-state index is 5.03. The molecule has 1 N–H and O–H groups in total. The largest absolute Gasteiger partial charge is 0.479 e. The minimum atomic E-state index is 0.588. The van der Waals surface area contributed by atoms with Gasteiger partial charge in [-0.1, -0.05) is 0 Å². The summed E-state index contributed by atoms with van der Waals surface area (Å²) in [5.41, 5.74) is 0.840. The van der Waals surface area contributed by atoms with Gasteiger partial charge in [0.2, 0.25) is 5.88 Å². The molecule has 4 nitrogen and oxygen atoms in total. The van der Waals surface area contributed by atoms with E-state index in [1.54, 1.807) is 31.0 Å². The molecule has 2 heterocycles. The van der Waals surface area contributed by atoms with E-state index in [9.17, 15) is 0 Å². The first-order valence-electron chi connectivity index (χ1n) is 3.39. The molecule has 2 rings (SSSR count). The Balaban J connectivity index is 2.46. The second kappa shape index (κ2) is 2.94. The molecule has 2 aromatic rings. The molecule has 0 amide bonds. The number of H-pyrrole nitrogens is 1. The number of hydrogen-bond acceptors (Lipinski definition) is 4. The van der Waals surface area contributed by atoms with Crippen LogP contribution in [0.2, 0.25) is 0 Å². The van der Waals surface area contributed by atoms with Gasteiger partial charge in [-0.25, -0.2) is 9.97 Å². The maximum Gasteiger partial charge on any atom is 0.242 e. The minimum absolute atomic E-state index is 0.588. The predicted molar refractivity (Wildman–Crippen MR) is 46.2 cm³/mol. The Morgan fingerprint density at radius 3 is 3.08 bits per heavy atom. The first-order valence-corrected chi connectivity index (χ1v) is 4.27. The lowest BCUT2D eigenvalue weighted by molar-refractivity contribution is 0.402. The number of rotatable bonds is 2. The zero-order valence-electron chi connectivity index (χ0n) is 6.44. The third kappa shape index (κ3) is 1.08. The molecule has 0 radical (unpaired) electrons. The van der Waals surface area contributed by atoms with Crippen LogP contribution in [0.5, 0.6) is 5.88 Å². The van der Waals surface area contributed by atoms with Crippen molar-refractivity contribution < 1.29 is 4.74 Å². The van der Waals surface area contributed by atoms with Crippen molar-refractivity contribution >= 4 is 11.3 Å². The molecule has 0 aliphatic rings. The van der Waals surface area contributed by atoms with E-state index in [4.69, 9.17) is 4.74 Å². The van der Waals surface area contributed by atoms with Crippen LogP contribution in [0.1, 0.15) is 0 Å². The first kappa shape index (κ1) is 7.30. The normalized spacial score (nSPS) is 10.1. The Kier molecular flexibility index (Phi) is 1.79. The Hall–Kier alpha value is -1.36. The van der Waals surface area contributed by atoms with Crippen molar-refractivity contribution in [2.75, 3.05) is 7.11 Å². The lowest BCUT2D eigenvalue weighted by Gasteiger charge is -1.95. The van der Waals surface area contributed by atoms with Crippen molar-refractivity contribution in [1.82, 2.24) is 15.0 Å². The zero-order chi connectivity index (χ0) is 8.39. The van der Waals surface area contributed by atoms with Crippen molar-refractivity contribution in [3.05, 3.63) is 17.9 Å². The van der Waals surface area contributed by atoms with Gasteiger partial charge in [0.15, 0.2) is 0 Å². The fraction of sp³-hybridized carbons (Fsp3) is 0.143. The number of thiazole rings is 1. The van der Waals surface area contributed by atoms with Crippen molar-refractivity contribution in [2.24, 2.45) is 0 Å². The van der Waals surface area contributed by atoms with Crippen LogP contribution in [0.25, 0.3) is 10.7 Å². The first-order chi connectivity index (χ1) is 5.92. The van der Waals surface area contributed by atoms with Gasteiger partial charge >= 0.3 is 0 Å². The SMILES string of the molecule is COc1nc[nH]c1-c1nccs1. The molecule has 0 fully saturated rings. The highest BCUT2D eigenvalue weighted by Crippen LogP contribution is 2.26. The summed E-state index contributed by atoms with van der Waals surface area (Å²) in [7, 11) is 1.59. The minimum Gasteiger partial charge on any atom is -0.479 e. The van der Waals surface area contributed by atoms with Crippen LogP contribution < -0.4 is 4.74 Å². The number of methoxy groups -OCH3 is 1. The number of hydrogen-bond donors (Lipinski definition) is 1. The van der Waals surface area contributed by atoms with Crippen LogP contribution in [0.15, 0.2) is 17.9 Å².